The van der Waals surface area contributed by atoms with Crippen molar-refractivity contribution in [3.05, 3.63) is 51.7 Å². The molecule has 2 aromatic rings. The van der Waals surface area contributed by atoms with Crippen LogP contribution in [0.2, 0.25) is 0 Å². The van der Waals surface area contributed by atoms with Gasteiger partial charge >= 0.3 is 12.1 Å². The Morgan fingerprint density at radius 3 is 2.63 bits per heavy atom. The van der Waals surface area contributed by atoms with Crippen LogP contribution >= 0.6 is 11.3 Å². The molecule has 1 amide bonds. The van der Waals surface area contributed by atoms with Crippen LogP contribution in [0.5, 0.6) is 0 Å². The molecule has 2 unspecified atom stereocenters. The number of fused-ring (bicyclic) bond motifs is 1. The van der Waals surface area contributed by atoms with Crippen molar-refractivity contribution >= 4 is 29.1 Å². The highest BCUT2D eigenvalue weighted by Crippen LogP contribution is 2.46. The number of esters is 1. The zero-order valence-electron chi connectivity index (χ0n) is 17.4. The highest BCUT2D eigenvalue weighted by molar-refractivity contribution is 7.14. The lowest BCUT2D eigenvalue weighted by atomic mass is 9.80. The van der Waals surface area contributed by atoms with E-state index in [9.17, 15) is 9.59 Å². The molecule has 6 nitrogen and oxygen atoms in total. The van der Waals surface area contributed by atoms with E-state index in [1.54, 1.807) is 0 Å². The number of hydrogen-bond acceptors (Lipinski definition) is 6. The molecule has 2 aliphatic rings. The maximum absolute atomic E-state index is 12.6. The number of amides is 1. The normalized spacial score (nSPS) is 23.3. The highest BCUT2D eigenvalue weighted by Gasteiger charge is 2.41. The second-order valence-electron chi connectivity index (χ2n) is 8.14. The Morgan fingerprint density at radius 1 is 1.20 bits per heavy atom. The van der Waals surface area contributed by atoms with Crippen molar-refractivity contribution in [3.63, 3.8) is 0 Å². The molecule has 1 aliphatic heterocycles. The van der Waals surface area contributed by atoms with E-state index < -0.39 is 6.09 Å². The smallest absolute Gasteiger partial charge is 0.407 e. The van der Waals surface area contributed by atoms with Gasteiger partial charge in [0.25, 0.3) is 0 Å². The molecule has 7 heteroatoms. The van der Waals surface area contributed by atoms with Gasteiger partial charge < -0.3 is 20.1 Å². The number of rotatable bonds is 5. The minimum Gasteiger partial charge on any atom is -0.465 e. The quantitative estimate of drug-likeness (QED) is 0.646. The molecule has 4 rings (SSSR count). The van der Waals surface area contributed by atoms with Crippen LogP contribution < -0.4 is 10.6 Å². The topological polar surface area (TPSA) is 76.7 Å². The Bertz CT molecular complexity index is 892. The number of alkyl carbamates (subject to hydrolysis) is 1. The molecular weight excluding hydrogens is 400 g/mol. The van der Waals surface area contributed by atoms with Crippen LogP contribution in [0.15, 0.2) is 36.4 Å². The minimum absolute atomic E-state index is 0.175. The number of carbonyl (C=O) groups excluding carboxylic acids is 2. The van der Waals surface area contributed by atoms with Crippen molar-refractivity contribution in [3.8, 4) is 0 Å². The summed E-state index contributed by atoms with van der Waals surface area (Å²) in [5, 5.41) is 6.74. The summed E-state index contributed by atoms with van der Waals surface area (Å²) in [6.45, 7) is 2.39. The molecular formula is C23H28N2O4S. The fourth-order valence-electron chi connectivity index (χ4n) is 4.66. The summed E-state index contributed by atoms with van der Waals surface area (Å²) in [5.41, 5.74) is 1.86. The van der Waals surface area contributed by atoms with Crippen LogP contribution in [-0.4, -0.2) is 25.2 Å². The first-order valence-electron chi connectivity index (χ1n) is 10.5. The number of carbonyl (C=O) groups is 2. The van der Waals surface area contributed by atoms with Gasteiger partial charge in [0.2, 0.25) is 0 Å². The second-order valence-corrected chi connectivity index (χ2v) is 9.22. The first kappa shape index (κ1) is 20.7. The fraction of sp³-hybridized carbons (Fsp3) is 0.478. The molecule has 1 aliphatic carbocycles. The monoisotopic (exact) mass is 428 g/mol. The van der Waals surface area contributed by atoms with E-state index in [4.69, 9.17) is 9.47 Å². The van der Waals surface area contributed by atoms with Gasteiger partial charge in [-0.1, -0.05) is 50.1 Å². The zero-order chi connectivity index (χ0) is 21.1. The van der Waals surface area contributed by atoms with E-state index in [0.29, 0.717) is 10.8 Å². The molecule has 1 fully saturated rings. The molecule has 0 spiro atoms. The van der Waals surface area contributed by atoms with Gasteiger partial charge in [0.1, 0.15) is 11.5 Å². The lowest BCUT2D eigenvalue weighted by molar-refractivity contribution is 0.0606. The first-order chi connectivity index (χ1) is 14.6. The summed E-state index contributed by atoms with van der Waals surface area (Å²) in [6.07, 6.45) is 4.43. The molecule has 1 aromatic carbocycles. The maximum Gasteiger partial charge on any atom is 0.407 e. The molecule has 0 radical (unpaired) electrons. The summed E-state index contributed by atoms with van der Waals surface area (Å²) < 4.78 is 10.4. The Kier molecular flexibility index (Phi) is 6.27. The lowest BCUT2D eigenvalue weighted by Gasteiger charge is -2.40. The van der Waals surface area contributed by atoms with Crippen molar-refractivity contribution < 1.29 is 19.1 Å². The number of benzene rings is 1. The Hall–Kier alpha value is -2.54. The summed E-state index contributed by atoms with van der Waals surface area (Å²) in [4.78, 5) is 26.2. The van der Waals surface area contributed by atoms with Gasteiger partial charge in [-0.3, -0.25) is 0 Å². The number of ether oxygens (including phenoxy) is 2. The molecule has 1 saturated carbocycles. The third kappa shape index (κ3) is 4.31. The van der Waals surface area contributed by atoms with Gasteiger partial charge in [0, 0.05) is 12.0 Å². The van der Waals surface area contributed by atoms with Crippen molar-refractivity contribution in [1.82, 2.24) is 5.32 Å². The molecule has 1 aromatic heterocycles. The summed E-state index contributed by atoms with van der Waals surface area (Å²) in [5.74, 6) is 0.389. The molecule has 160 valence electrons. The second kappa shape index (κ2) is 9.08. The van der Waals surface area contributed by atoms with E-state index >= 15 is 0 Å². The lowest BCUT2D eigenvalue weighted by Crippen LogP contribution is -2.46. The number of hydrogen-bond donors (Lipinski definition) is 2. The van der Waals surface area contributed by atoms with Crippen molar-refractivity contribution in [2.24, 2.45) is 11.8 Å². The largest absolute Gasteiger partial charge is 0.465 e. The SMILES string of the molecule is COC(=O)c1cc2c(s1)C(NC(=O)OCc1ccccc1)[C@@H](C)C(C1CCCC1)N2. The average molecular weight is 429 g/mol. The van der Waals surface area contributed by atoms with Gasteiger partial charge in [0.05, 0.1) is 23.7 Å². The van der Waals surface area contributed by atoms with Crippen LogP contribution in [0.4, 0.5) is 10.5 Å². The summed E-state index contributed by atoms with van der Waals surface area (Å²) in [6, 6.07) is 11.5. The van der Waals surface area contributed by atoms with Crippen molar-refractivity contribution in [2.45, 2.75) is 51.3 Å². The van der Waals surface area contributed by atoms with Gasteiger partial charge in [-0.2, -0.15) is 0 Å². The zero-order valence-corrected chi connectivity index (χ0v) is 18.2. The van der Waals surface area contributed by atoms with E-state index in [0.717, 1.165) is 16.1 Å². The molecule has 2 heterocycles. The van der Waals surface area contributed by atoms with Crippen LogP contribution in [0.25, 0.3) is 0 Å². The molecule has 0 bridgehead atoms. The van der Waals surface area contributed by atoms with Gasteiger partial charge in [-0.05, 0) is 30.4 Å². The van der Waals surface area contributed by atoms with E-state index in [-0.39, 0.29) is 30.6 Å². The Balaban J connectivity index is 1.53. The standard InChI is InChI=1S/C23H28N2O4S/c1-14-19(16-10-6-7-11-16)24-17-12-18(22(26)28-2)30-21(17)20(14)25-23(27)29-13-15-8-4-3-5-9-15/h3-5,8-9,12,14,16,19-20,24H,6-7,10-11,13H2,1-2H3,(H,25,27)/t14-,19?,20?/m0/s1. The van der Waals surface area contributed by atoms with Gasteiger partial charge in [-0.15, -0.1) is 11.3 Å². The van der Waals surface area contributed by atoms with Crippen LogP contribution in [0.3, 0.4) is 0 Å². The Morgan fingerprint density at radius 2 is 1.93 bits per heavy atom. The third-order valence-corrected chi connectivity index (χ3v) is 7.44. The maximum atomic E-state index is 12.6. The number of nitrogens with one attached hydrogen (secondary N) is 2. The Labute approximate surface area is 181 Å². The van der Waals surface area contributed by atoms with E-state index in [2.05, 4.69) is 17.6 Å². The van der Waals surface area contributed by atoms with Crippen molar-refractivity contribution in [1.29, 1.82) is 0 Å². The number of thiophene rings is 1. The fourth-order valence-corrected chi connectivity index (χ4v) is 5.87. The van der Waals surface area contributed by atoms with Gasteiger partial charge in [0.15, 0.2) is 0 Å². The third-order valence-electron chi connectivity index (χ3n) is 6.24. The highest BCUT2D eigenvalue weighted by atomic mass is 32.1. The summed E-state index contributed by atoms with van der Waals surface area (Å²) in [7, 11) is 1.38. The van der Waals surface area contributed by atoms with Crippen LogP contribution in [0, 0.1) is 11.8 Å². The van der Waals surface area contributed by atoms with E-state index in [1.165, 1.54) is 44.1 Å². The predicted molar refractivity (Wildman–Crippen MR) is 117 cm³/mol. The molecule has 0 saturated heterocycles. The summed E-state index contributed by atoms with van der Waals surface area (Å²) >= 11 is 1.37. The molecule has 30 heavy (non-hydrogen) atoms. The van der Waals surface area contributed by atoms with Gasteiger partial charge in [-0.25, -0.2) is 9.59 Å². The molecule has 3 atom stereocenters. The van der Waals surface area contributed by atoms with Crippen LogP contribution in [0.1, 0.15) is 58.8 Å². The van der Waals surface area contributed by atoms with E-state index in [1.807, 2.05) is 36.4 Å². The van der Waals surface area contributed by atoms with Crippen molar-refractivity contribution in [2.75, 3.05) is 12.4 Å². The van der Waals surface area contributed by atoms with Crippen LogP contribution in [-0.2, 0) is 16.1 Å². The number of anilines is 1. The molecule has 2 N–H and O–H groups in total. The average Bonchev–Trinajstić information content (AvgIpc) is 3.44. The predicted octanol–water partition coefficient (Wildman–Crippen LogP) is 5.12. The minimum atomic E-state index is -0.443. The first-order valence-corrected chi connectivity index (χ1v) is 11.3. The number of methoxy groups -OCH3 is 1.